The fourth-order valence-corrected chi connectivity index (χ4v) is 6.69. The zero-order chi connectivity index (χ0) is 31.2. The highest BCUT2D eigenvalue weighted by molar-refractivity contribution is 6.30. The number of rotatable bonds is 7. The topological polar surface area (TPSA) is 108 Å². The fourth-order valence-electron chi connectivity index (χ4n) is 6.53. The highest BCUT2D eigenvalue weighted by Crippen LogP contribution is 2.49. The van der Waals surface area contributed by atoms with Crippen molar-refractivity contribution in [3.63, 3.8) is 0 Å². The Morgan fingerprint density at radius 1 is 1.07 bits per heavy atom. The van der Waals surface area contributed by atoms with E-state index in [0.29, 0.717) is 56.8 Å². The Bertz CT molecular complexity index is 1610. The summed E-state index contributed by atoms with van der Waals surface area (Å²) in [5, 5.41) is 5.57. The van der Waals surface area contributed by atoms with Crippen molar-refractivity contribution in [1.82, 2.24) is 15.3 Å². The van der Waals surface area contributed by atoms with Crippen LogP contribution in [0.3, 0.4) is 0 Å². The number of carbonyl (C=O) groups excluding carboxylic acids is 3. The van der Waals surface area contributed by atoms with Crippen LogP contribution in [0.4, 0.5) is 30.4 Å². The average molecular weight is 627 g/mol. The second-order valence-electron chi connectivity index (χ2n) is 11.7. The molecule has 3 amide bonds. The number of halogens is 4. The third kappa shape index (κ3) is 5.58. The van der Waals surface area contributed by atoms with E-state index in [4.69, 9.17) is 11.6 Å². The number of aromatic nitrogens is 2. The zero-order valence-electron chi connectivity index (χ0n) is 23.8. The zero-order valence-corrected chi connectivity index (χ0v) is 24.6. The molecule has 0 atom stereocenters. The lowest BCUT2D eigenvalue weighted by atomic mass is 9.74. The maximum Gasteiger partial charge on any atom is 0.281 e. The molecule has 0 unspecified atom stereocenters. The third-order valence-corrected chi connectivity index (χ3v) is 8.93. The van der Waals surface area contributed by atoms with E-state index < -0.39 is 29.3 Å². The Hall–Kier alpha value is -4.19. The minimum Gasteiger partial charge on any atom is -0.367 e. The van der Waals surface area contributed by atoms with E-state index in [1.54, 1.807) is 23.2 Å². The summed E-state index contributed by atoms with van der Waals surface area (Å²) in [6, 6.07) is 9.01. The van der Waals surface area contributed by atoms with Gasteiger partial charge in [-0.05, 0) is 67.5 Å². The van der Waals surface area contributed by atoms with Crippen LogP contribution in [0, 0.1) is 11.7 Å². The van der Waals surface area contributed by atoms with E-state index >= 15 is 0 Å². The summed E-state index contributed by atoms with van der Waals surface area (Å²) in [5.41, 5.74) is 0.550. The molecule has 1 spiro atoms. The van der Waals surface area contributed by atoms with Gasteiger partial charge in [0.15, 0.2) is 0 Å². The molecule has 2 aliphatic heterocycles. The minimum atomic E-state index is -2.91. The van der Waals surface area contributed by atoms with Gasteiger partial charge in [0, 0.05) is 38.8 Å². The normalized spacial score (nSPS) is 20.5. The van der Waals surface area contributed by atoms with Crippen molar-refractivity contribution < 1.29 is 27.6 Å². The Labute approximate surface area is 256 Å². The molecule has 3 aliphatic rings. The molecule has 2 fully saturated rings. The molecule has 1 saturated carbocycles. The van der Waals surface area contributed by atoms with Crippen LogP contribution in [0.5, 0.6) is 0 Å². The number of carbonyl (C=O) groups is 3. The molecule has 230 valence electrons. The van der Waals surface area contributed by atoms with Gasteiger partial charge in [-0.2, -0.15) is 0 Å². The van der Waals surface area contributed by atoms with Crippen molar-refractivity contribution in [3.8, 4) is 0 Å². The third-order valence-electron chi connectivity index (χ3n) is 8.72. The Kier molecular flexibility index (Phi) is 7.95. The molecule has 4 heterocycles. The van der Waals surface area contributed by atoms with Gasteiger partial charge < -0.3 is 20.4 Å². The summed E-state index contributed by atoms with van der Waals surface area (Å²) < 4.78 is 41.2. The molecule has 3 aromatic rings. The van der Waals surface area contributed by atoms with Crippen LogP contribution < -0.4 is 20.4 Å². The van der Waals surface area contributed by atoms with E-state index in [-0.39, 0.29) is 34.4 Å². The van der Waals surface area contributed by atoms with Crippen molar-refractivity contribution in [2.75, 3.05) is 34.8 Å². The number of pyridine rings is 2. The molecular weight excluding hydrogens is 597 g/mol. The number of hydrogen-bond donors (Lipinski definition) is 2. The van der Waals surface area contributed by atoms with Gasteiger partial charge in [-0.3, -0.25) is 19.4 Å². The van der Waals surface area contributed by atoms with Crippen LogP contribution in [0.25, 0.3) is 0 Å². The highest BCUT2D eigenvalue weighted by atomic mass is 35.5. The largest absolute Gasteiger partial charge is 0.367 e. The number of alkyl halides is 2. The lowest BCUT2D eigenvalue weighted by Gasteiger charge is -2.48. The smallest absolute Gasteiger partial charge is 0.281 e. The maximum absolute atomic E-state index is 14.4. The number of nitrogens with one attached hydrogen (secondary N) is 2. The van der Waals surface area contributed by atoms with Crippen LogP contribution in [0.1, 0.15) is 60.6 Å². The van der Waals surface area contributed by atoms with Crippen LogP contribution in [-0.2, 0) is 15.0 Å². The number of benzene rings is 1. The molecule has 1 saturated heterocycles. The SMILES string of the molecule is CC(=O)Nc1ccc(N2CC3(C2)C(=O)N(CC2CCC(NC(=O)c4cc(Cl)cnc4C(F)F)CC2)c2cc(F)ccc23)cn1. The van der Waals surface area contributed by atoms with Crippen molar-refractivity contribution in [3.05, 3.63) is 76.5 Å². The van der Waals surface area contributed by atoms with E-state index in [0.717, 1.165) is 17.4 Å². The van der Waals surface area contributed by atoms with Crippen molar-refractivity contribution in [1.29, 1.82) is 0 Å². The van der Waals surface area contributed by atoms with Gasteiger partial charge in [0.25, 0.3) is 12.3 Å². The van der Waals surface area contributed by atoms with Crippen molar-refractivity contribution in [2.24, 2.45) is 5.92 Å². The summed E-state index contributed by atoms with van der Waals surface area (Å²) >= 11 is 5.90. The van der Waals surface area contributed by atoms with Crippen LogP contribution in [0.15, 0.2) is 48.8 Å². The molecule has 1 aliphatic carbocycles. The molecule has 1 aromatic carbocycles. The number of nitrogens with zero attached hydrogens (tertiary/aromatic N) is 4. The molecule has 9 nitrogen and oxygen atoms in total. The Balaban J connectivity index is 1.10. The lowest BCUT2D eigenvalue weighted by Crippen LogP contribution is -2.64. The van der Waals surface area contributed by atoms with E-state index in [9.17, 15) is 27.6 Å². The Morgan fingerprint density at radius 2 is 1.82 bits per heavy atom. The van der Waals surface area contributed by atoms with E-state index in [2.05, 4.69) is 20.6 Å². The van der Waals surface area contributed by atoms with Crippen LogP contribution in [-0.4, -0.2) is 53.4 Å². The van der Waals surface area contributed by atoms with Gasteiger partial charge in [0.05, 0.1) is 28.2 Å². The summed E-state index contributed by atoms with van der Waals surface area (Å²) in [4.78, 5) is 49.7. The second kappa shape index (κ2) is 11.7. The molecule has 2 N–H and O–H groups in total. The number of anilines is 3. The average Bonchev–Trinajstić information content (AvgIpc) is 3.20. The first-order valence-electron chi connectivity index (χ1n) is 14.4. The van der Waals surface area contributed by atoms with Gasteiger partial charge in [-0.1, -0.05) is 17.7 Å². The van der Waals surface area contributed by atoms with Gasteiger partial charge >= 0.3 is 0 Å². The predicted molar refractivity (Wildman–Crippen MR) is 159 cm³/mol. The molecule has 2 aromatic heterocycles. The van der Waals surface area contributed by atoms with Crippen molar-refractivity contribution in [2.45, 2.75) is 50.5 Å². The first kappa shape index (κ1) is 29.9. The molecule has 6 rings (SSSR count). The predicted octanol–water partition coefficient (Wildman–Crippen LogP) is 5.26. The number of hydrogen-bond acceptors (Lipinski definition) is 6. The molecule has 13 heteroatoms. The standard InChI is InChI=1S/C31H30ClF3N6O3/c1-17(42)38-26-9-7-22(13-36-26)40-15-31(16-40)24-8-4-20(33)11-25(24)41(30(31)44)14-18-2-5-21(6-3-18)39-29(43)23-10-19(32)12-37-27(23)28(34)35/h4,7-13,18,21,28H,2-3,5-6,14-16H2,1H3,(H,39,43)(H,36,38,42). The van der Waals surface area contributed by atoms with E-state index in [1.165, 1.54) is 25.1 Å². The summed E-state index contributed by atoms with van der Waals surface area (Å²) in [7, 11) is 0. The lowest BCUT2D eigenvalue weighted by molar-refractivity contribution is -0.124. The van der Waals surface area contributed by atoms with Crippen molar-refractivity contribution >= 4 is 46.5 Å². The first-order chi connectivity index (χ1) is 21.0. The summed E-state index contributed by atoms with van der Waals surface area (Å²) in [6.07, 6.45) is 2.42. The molecule has 0 bridgehead atoms. The Morgan fingerprint density at radius 3 is 2.48 bits per heavy atom. The summed E-state index contributed by atoms with van der Waals surface area (Å²) in [6.45, 7) is 2.65. The highest BCUT2D eigenvalue weighted by Gasteiger charge is 2.58. The second-order valence-corrected chi connectivity index (χ2v) is 12.1. The van der Waals surface area contributed by atoms with E-state index in [1.807, 2.05) is 11.0 Å². The summed E-state index contributed by atoms with van der Waals surface area (Å²) in [5.74, 6) is -0.795. The van der Waals surface area contributed by atoms with Gasteiger partial charge in [0.2, 0.25) is 11.8 Å². The van der Waals surface area contributed by atoms with Gasteiger partial charge in [-0.15, -0.1) is 0 Å². The molecular formula is C31H30ClF3N6O3. The fraction of sp³-hybridized carbons (Fsp3) is 0.387. The maximum atomic E-state index is 14.4. The van der Waals surface area contributed by atoms with Crippen LogP contribution in [0.2, 0.25) is 5.02 Å². The van der Waals surface area contributed by atoms with Crippen LogP contribution >= 0.6 is 11.6 Å². The quantitative estimate of drug-likeness (QED) is 0.371. The number of fused-ring (bicyclic) bond motifs is 2. The monoisotopic (exact) mass is 626 g/mol. The molecule has 44 heavy (non-hydrogen) atoms. The van der Waals surface area contributed by atoms with Gasteiger partial charge in [-0.25, -0.2) is 18.2 Å². The number of amides is 3. The first-order valence-corrected chi connectivity index (χ1v) is 14.8. The van der Waals surface area contributed by atoms with Gasteiger partial charge in [0.1, 0.15) is 22.7 Å². The molecule has 0 radical (unpaired) electrons. The minimum absolute atomic E-state index is 0.0689.